The molecule has 5 nitrogen and oxygen atoms in total. The van der Waals surface area contributed by atoms with Crippen LogP contribution in [-0.2, 0) is 0 Å². The maximum atomic E-state index is 12.4. The Labute approximate surface area is 136 Å². The van der Waals surface area contributed by atoms with Gasteiger partial charge in [-0.15, -0.1) is 0 Å². The van der Waals surface area contributed by atoms with Crippen molar-refractivity contribution in [2.75, 3.05) is 31.6 Å². The number of likely N-dealkylation sites (N-methyl/N-ethyl adjacent to an activating group) is 2. The molecule has 2 aromatic rings. The minimum absolute atomic E-state index is 0.0158. The lowest BCUT2D eigenvalue weighted by Crippen LogP contribution is -2.46. The van der Waals surface area contributed by atoms with Crippen molar-refractivity contribution in [1.82, 2.24) is 9.88 Å². The number of aromatic nitrogens is 1. The number of carbonyl (C=O) groups excluding carboxylic acids is 1. The van der Waals surface area contributed by atoms with Crippen molar-refractivity contribution in [2.45, 2.75) is 13.0 Å². The van der Waals surface area contributed by atoms with E-state index in [9.17, 15) is 4.79 Å². The third-order valence-corrected chi connectivity index (χ3v) is 4.06. The lowest BCUT2D eigenvalue weighted by Gasteiger charge is -2.37. The van der Waals surface area contributed by atoms with Crippen molar-refractivity contribution in [3.8, 4) is 5.75 Å². The number of rotatable bonds is 4. The molecule has 1 aromatic carbocycles. The van der Waals surface area contributed by atoms with Gasteiger partial charge in [-0.2, -0.15) is 0 Å². The van der Waals surface area contributed by atoms with Gasteiger partial charge in [0.2, 0.25) is 0 Å². The molecule has 3 rings (SSSR count). The summed E-state index contributed by atoms with van der Waals surface area (Å²) in [4.78, 5) is 20.4. The lowest BCUT2D eigenvalue weighted by molar-refractivity contribution is 0.0709. The third kappa shape index (κ3) is 3.28. The zero-order valence-electron chi connectivity index (χ0n) is 13.5. The van der Waals surface area contributed by atoms with Crippen LogP contribution in [0, 0.1) is 0 Å². The van der Waals surface area contributed by atoms with Gasteiger partial charge in [-0.25, -0.2) is 0 Å². The summed E-state index contributed by atoms with van der Waals surface area (Å²) >= 11 is 0. The largest absolute Gasteiger partial charge is 0.485 e. The van der Waals surface area contributed by atoms with Crippen LogP contribution in [0.3, 0.4) is 0 Å². The average Bonchev–Trinajstić information content (AvgIpc) is 2.61. The summed E-state index contributed by atoms with van der Waals surface area (Å²) in [5, 5.41) is 0. The maximum Gasteiger partial charge on any atom is 0.253 e. The molecule has 1 aromatic heterocycles. The van der Waals surface area contributed by atoms with Gasteiger partial charge in [0.25, 0.3) is 5.91 Å². The first kappa shape index (κ1) is 15.3. The molecule has 1 unspecified atom stereocenters. The van der Waals surface area contributed by atoms with Crippen LogP contribution < -0.4 is 9.64 Å². The number of pyridine rings is 1. The maximum absolute atomic E-state index is 12.4. The molecule has 0 saturated heterocycles. The number of benzene rings is 1. The van der Waals surface area contributed by atoms with Crippen LogP contribution in [0.2, 0.25) is 0 Å². The van der Waals surface area contributed by atoms with Gasteiger partial charge in [0.05, 0.1) is 18.8 Å². The Morgan fingerprint density at radius 1 is 1.30 bits per heavy atom. The van der Waals surface area contributed by atoms with Gasteiger partial charge in [0, 0.05) is 31.5 Å². The summed E-state index contributed by atoms with van der Waals surface area (Å²) in [6.07, 6.45) is 3.22. The highest BCUT2D eigenvalue weighted by molar-refractivity contribution is 5.93. The van der Waals surface area contributed by atoms with E-state index in [2.05, 4.69) is 22.9 Å². The van der Waals surface area contributed by atoms with Gasteiger partial charge in [-0.1, -0.05) is 12.1 Å². The Kier molecular flexibility index (Phi) is 4.46. The molecule has 1 aliphatic rings. The number of ether oxygens (including phenoxy) is 1. The van der Waals surface area contributed by atoms with Crippen molar-refractivity contribution in [2.24, 2.45) is 0 Å². The molecule has 0 spiro atoms. The smallest absolute Gasteiger partial charge is 0.253 e. The van der Waals surface area contributed by atoms with E-state index >= 15 is 0 Å². The van der Waals surface area contributed by atoms with Crippen molar-refractivity contribution < 1.29 is 9.53 Å². The fourth-order valence-corrected chi connectivity index (χ4v) is 2.88. The molecule has 0 radical (unpaired) electrons. The highest BCUT2D eigenvalue weighted by Crippen LogP contribution is 2.32. The van der Waals surface area contributed by atoms with E-state index in [-0.39, 0.29) is 12.0 Å². The van der Waals surface area contributed by atoms with Crippen LogP contribution in [-0.4, -0.2) is 48.6 Å². The molecule has 0 N–H and O–H groups in total. The molecule has 120 valence electrons. The third-order valence-electron chi connectivity index (χ3n) is 4.06. The molecule has 1 atom stereocenters. The molecular weight excluding hydrogens is 290 g/mol. The minimum atomic E-state index is -0.0411. The molecule has 1 amide bonds. The number of hydrogen-bond acceptors (Lipinski definition) is 4. The van der Waals surface area contributed by atoms with E-state index in [1.165, 1.54) is 0 Å². The number of anilines is 1. The second kappa shape index (κ2) is 6.69. The zero-order valence-corrected chi connectivity index (χ0v) is 13.5. The van der Waals surface area contributed by atoms with Gasteiger partial charge in [-0.3, -0.25) is 9.78 Å². The van der Waals surface area contributed by atoms with Crippen LogP contribution in [0.1, 0.15) is 17.3 Å². The molecule has 0 aliphatic carbocycles. The summed E-state index contributed by atoms with van der Waals surface area (Å²) in [7, 11) is 1.81. The molecule has 2 heterocycles. The van der Waals surface area contributed by atoms with Crippen LogP contribution in [0.4, 0.5) is 5.69 Å². The number of para-hydroxylation sites is 2. The summed E-state index contributed by atoms with van der Waals surface area (Å²) < 4.78 is 6.07. The highest BCUT2D eigenvalue weighted by atomic mass is 16.5. The quantitative estimate of drug-likeness (QED) is 0.870. The van der Waals surface area contributed by atoms with Gasteiger partial charge >= 0.3 is 0 Å². The Morgan fingerprint density at radius 2 is 2.04 bits per heavy atom. The van der Waals surface area contributed by atoms with E-state index in [4.69, 9.17) is 4.74 Å². The van der Waals surface area contributed by atoms with E-state index < -0.39 is 0 Å². The highest BCUT2D eigenvalue weighted by Gasteiger charge is 2.26. The fraction of sp³-hybridized carbons (Fsp3) is 0.333. The van der Waals surface area contributed by atoms with Crippen molar-refractivity contribution in [3.05, 3.63) is 54.4 Å². The molecule has 23 heavy (non-hydrogen) atoms. The molecule has 5 heteroatoms. The van der Waals surface area contributed by atoms with Crippen molar-refractivity contribution in [1.29, 1.82) is 0 Å². The molecule has 0 bridgehead atoms. The topological polar surface area (TPSA) is 45.7 Å². The Bertz CT molecular complexity index is 675. The van der Waals surface area contributed by atoms with Crippen molar-refractivity contribution >= 4 is 11.6 Å². The minimum Gasteiger partial charge on any atom is -0.485 e. The standard InChI is InChI=1S/C18H21N3O2/c1-3-21-13-15(23-17-7-5-4-6-16(17)21)12-20(2)18(22)14-8-10-19-11-9-14/h4-11,15H,3,12-13H2,1-2H3. The van der Waals surface area contributed by atoms with Crippen LogP contribution in [0.15, 0.2) is 48.8 Å². The van der Waals surface area contributed by atoms with Gasteiger partial charge in [0.15, 0.2) is 0 Å². The fourth-order valence-electron chi connectivity index (χ4n) is 2.88. The number of nitrogens with zero attached hydrogens (tertiary/aromatic N) is 3. The SMILES string of the molecule is CCN1CC(CN(C)C(=O)c2ccncc2)Oc2ccccc21. The molecule has 1 aliphatic heterocycles. The normalized spacial score (nSPS) is 16.4. The number of hydrogen-bond donors (Lipinski definition) is 0. The first-order valence-electron chi connectivity index (χ1n) is 7.85. The average molecular weight is 311 g/mol. The summed E-state index contributed by atoms with van der Waals surface area (Å²) in [5.74, 6) is 0.869. The van der Waals surface area contributed by atoms with E-state index in [1.54, 1.807) is 29.4 Å². The predicted octanol–water partition coefficient (Wildman–Crippen LogP) is 2.44. The summed E-state index contributed by atoms with van der Waals surface area (Å²) in [6.45, 7) is 4.37. The number of carbonyl (C=O) groups is 1. The first-order valence-corrected chi connectivity index (χ1v) is 7.85. The van der Waals surface area contributed by atoms with Crippen LogP contribution in [0.5, 0.6) is 5.75 Å². The zero-order chi connectivity index (χ0) is 16.2. The van der Waals surface area contributed by atoms with Gasteiger partial charge in [0.1, 0.15) is 11.9 Å². The number of fused-ring (bicyclic) bond motifs is 1. The monoisotopic (exact) mass is 311 g/mol. The number of amides is 1. The Morgan fingerprint density at radius 3 is 2.78 bits per heavy atom. The molecule has 0 fully saturated rings. The molecular formula is C18H21N3O2. The molecule has 0 saturated carbocycles. The first-order chi connectivity index (χ1) is 11.2. The second-order valence-electron chi connectivity index (χ2n) is 5.67. The van der Waals surface area contributed by atoms with E-state index in [0.29, 0.717) is 12.1 Å². The van der Waals surface area contributed by atoms with E-state index in [0.717, 1.165) is 24.5 Å². The lowest BCUT2D eigenvalue weighted by atomic mass is 10.1. The van der Waals surface area contributed by atoms with Crippen molar-refractivity contribution in [3.63, 3.8) is 0 Å². The predicted molar refractivity (Wildman–Crippen MR) is 89.9 cm³/mol. The van der Waals surface area contributed by atoms with E-state index in [1.807, 2.05) is 25.2 Å². The summed E-state index contributed by atoms with van der Waals surface area (Å²) in [6, 6.07) is 11.5. The van der Waals surface area contributed by atoms with Crippen LogP contribution >= 0.6 is 0 Å². The van der Waals surface area contributed by atoms with Gasteiger partial charge < -0.3 is 14.5 Å². The second-order valence-corrected chi connectivity index (χ2v) is 5.67. The Hall–Kier alpha value is -2.56. The van der Waals surface area contributed by atoms with Crippen LogP contribution in [0.25, 0.3) is 0 Å². The Balaban J connectivity index is 1.70. The summed E-state index contributed by atoms with van der Waals surface area (Å²) in [5.41, 5.74) is 1.76. The van der Waals surface area contributed by atoms with Gasteiger partial charge in [-0.05, 0) is 31.2 Å².